The van der Waals surface area contributed by atoms with E-state index in [0.717, 1.165) is 56.0 Å². The number of anilines is 1. The number of halogens is 1. The van der Waals surface area contributed by atoms with E-state index in [1.165, 1.54) is 17.7 Å². The van der Waals surface area contributed by atoms with Crippen molar-refractivity contribution in [2.45, 2.75) is 25.0 Å². The first-order valence-electron chi connectivity index (χ1n) is 12.3. The van der Waals surface area contributed by atoms with Gasteiger partial charge < -0.3 is 19.5 Å². The highest BCUT2D eigenvalue weighted by molar-refractivity contribution is 5.46. The number of para-hydroxylation sites is 1. The molecule has 0 saturated carbocycles. The molecular weight excluding hydrogens is 443 g/mol. The summed E-state index contributed by atoms with van der Waals surface area (Å²) in [4.78, 5) is 4.49. The summed E-state index contributed by atoms with van der Waals surface area (Å²) in [6, 6.07) is 24.9. The van der Waals surface area contributed by atoms with Crippen LogP contribution >= 0.6 is 0 Å². The molecule has 0 bridgehead atoms. The van der Waals surface area contributed by atoms with Crippen LogP contribution in [0.25, 0.3) is 0 Å². The quantitative estimate of drug-likeness (QED) is 0.433. The fourth-order valence-electron chi connectivity index (χ4n) is 4.60. The SMILES string of the molecule is COC(CCc1ccccc1)c1ccccc1OCC(O)CN1CCN(c2ccc(F)cc2)CC1. The van der Waals surface area contributed by atoms with E-state index >= 15 is 0 Å². The zero-order valence-electron chi connectivity index (χ0n) is 20.4. The summed E-state index contributed by atoms with van der Waals surface area (Å²) in [6.45, 7) is 4.16. The Morgan fingerprint density at radius 2 is 1.57 bits per heavy atom. The number of aryl methyl sites for hydroxylation is 1. The lowest BCUT2D eigenvalue weighted by Crippen LogP contribution is -2.49. The Morgan fingerprint density at radius 3 is 2.29 bits per heavy atom. The van der Waals surface area contributed by atoms with Crippen LogP contribution in [0.3, 0.4) is 0 Å². The number of aliphatic hydroxyl groups excluding tert-OH is 1. The van der Waals surface area contributed by atoms with Gasteiger partial charge in [-0.2, -0.15) is 0 Å². The van der Waals surface area contributed by atoms with E-state index in [1.54, 1.807) is 7.11 Å². The van der Waals surface area contributed by atoms with E-state index in [4.69, 9.17) is 9.47 Å². The largest absolute Gasteiger partial charge is 0.490 e. The summed E-state index contributed by atoms with van der Waals surface area (Å²) < 4.78 is 25.1. The molecule has 0 radical (unpaired) electrons. The Kier molecular flexibility index (Phi) is 9.12. The third-order valence-electron chi connectivity index (χ3n) is 6.55. The Labute approximate surface area is 207 Å². The van der Waals surface area contributed by atoms with Crippen molar-refractivity contribution < 1.29 is 19.0 Å². The van der Waals surface area contributed by atoms with Crippen molar-refractivity contribution in [2.75, 3.05) is 51.3 Å². The van der Waals surface area contributed by atoms with Crippen LogP contribution in [0, 0.1) is 5.82 Å². The predicted molar refractivity (Wildman–Crippen MR) is 138 cm³/mol. The van der Waals surface area contributed by atoms with E-state index in [1.807, 2.05) is 42.5 Å². The summed E-state index contributed by atoms with van der Waals surface area (Å²) in [5.74, 6) is 0.540. The van der Waals surface area contributed by atoms with Crippen LogP contribution < -0.4 is 9.64 Å². The monoisotopic (exact) mass is 478 g/mol. The molecule has 5 nitrogen and oxygen atoms in total. The van der Waals surface area contributed by atoms with Gasteiger partial charge in [0.05, 0.1) is 6.10 Å². The summed E-state index contributed by atoms with van der Waals surface area (Å²) in [6.07, 6.45) is 1.09. The number of aliphatic hydroxyl groups is 1. The average molecular weight is 479 g/mol. The third kappa shape index (κ3) is 7.28. The topological polar surface area (TPSA) is 45.2 Å². The minimum Gasteiger partial charge on any atom is -0.490 e. The molecule has 0 spiro atoms. The van der Waals surface area contributed by atoms with Crippen LogP contribution in [0.1, 0.15) is 23.7 Å². The van der Waals surface area contributed by atoms with Crippen molar-refractivity contribution in [3.63, 3.8) is 0 Å². The fourth-order valence-corrected chi connectivity index (χ4v) is 4.60. The van der Waals surface area contributed by atoms with Gasteiger partial charge in [-0.3, -0.25) is 4.90 Å². The summed E-state index contributed by atoms with van der Waals surface area (Å²) in [7, 11) is 1.73. The predicted octanol–water partition coefficient (Wildman–Crippen LogP) is 4.71. The number of hydrogen-bond donors (Lipinski definition) is 1. The lowest BCUT2D eigenvalue weighted by atomic mass is 10.0. The van der Waals surface area contributed by atoms with Gasteiger partial charge in [-0.05, 0) is 48.7 Å². The Morgan fingerprint density at radius 1 is 0.886 bits per heavy atom. The minimum absolute atomic E-state index is 0.0805. The Bertz CT molecular complexity index is 1020. The zero-order valence-corrected chi connectivity index (χ0v) is 20.4. The van der Waals surface area contributed by atoms with Crippen molar-refractivity contribution in [3.8, 4) is 5.75 Å². The highest BCUT2D eigenvalue weighted by Gasteiger charge is 2.21. The van der Waals surface area contributed by atoms with Gasteiger partial charge in [0, 0.05) is 51.1 Å². The number of nitrogens with zero attached hydrogens (tertiary/aromatic N) is 2. The fraction of sp³-hybridized carbons (Fsp3) is 0.379. The van der Waals surface area contributed by atoms with Crippen molar-refractivity contribution in [1.82, 2.24) is 4.90 Å². The van der Waals surface area contributed by atoms with Crippen LogP contribution in [-0.4, -0.2) is 62.6 Å². The van der Waals surface area contributed by atoms with Crippen molar-refractivity contribution in [2.24, 2.45) is 0 Å². The number of piperazine rings is 1. The Hall–Kier alpha value is -2.93. The highest BCUT2D eigenvalue weighted by Crippen LogP contribution is 2.31. The number of benzene rings is 3. The smallest absolute Gasteiger partial charge is 0.125 e. The molecule has 3 aromatic rings. The Balaban J connectivity index is 1.26. The van der Waals surface area contributed by atoms with Gasteiger partial charge in [0.25, 0.3) is 0 Å². The molecule has 186 valence electrons. The number of hydrogen-bond acceptors (Lipinski definition) is 5. The lowest BCUT2D eigenvalue weighted by molar-refractivity contribution is 0.0613. The summed E-state index contributed by atoms with van der Waals surface area (Å²) >= 11 is 0. The molecule has 2 atom stereocenters. The molecule has 1 saturated heterocycles. The molecule has 0 aliphatic carbocycles. The first-order valence-corrected chi connectivity index (χ1v) is 12.3. The first kappa shape index (κ1) is 25.2. The van der Waals surface area contributed by atoms with Gasteiger partial charge in [0.15, 0.2) is 0 Å². The molecular formula is C29H35FN2O3. The molecule has 4 rings (SSSR count). The van der Waals surface area contributed by atoms with Gasteiger partial charge >= 0.3 is 0 Å². The zero-order chi connectivity index (χ0) is 24.5. The molecule has 0 amide bonds. The number of ether oxygens (including phenoxy) is 2. The molecule has 2 unspecified atom stereocenters. The van der Waals surface area contributed by atoms with Crippen LogP contribution in [0.4, 0.5) is 10.1 Å². The lowest BCUT2D eigenvalue weighted by Gasteiger charge is -2.36. The first-order chi connectivity index (χ1) is 17.1. The summed E-state index contributed by atoms with van der Waals surface area (Å²) in [5, 5.41) is 10.7. The number of methoxy groups -OCH3 is 1. The molecule has 1 aliphatic rings. The van der Waals surface area contributed by atoms with Gasteiger partial charge in [-0.1, -0.05) is 48.5 Å². The van der Waals surface area contributed by atoms with Crippen LogP contribution in [0.15, 0.2) is 78.9 Å². The van der Waals surface area contributed by atoms with E-state index in [2.05, 4.69) is 34.1 Å². The maximum atomic E-state index is 13.2. The van der Waals surface area contributed by atoms with Crippen molar-refractivity contribution in [1.29, 1.82) is 0 Å². The third-order valence-corrected chi connectivity index (χ3v) is 6.55. The van der Waals surface area contributed by atoms with Crippen LogP contribution in [0.5, 0.6) is 5.75 Å². The highest BCUT2D eigenvalue weighted by atomic mass is 19.1. The molecule has 1 fully saturated rings. The second kappa shape index (κ2) is 12.7. The van der Waals surface area contributed by atoms with E-state index < -0.39 is 6.10 Å². The van der Waals surface area contributed by atoms with Crippen molar-refractivity contribution >= 4 is 5.69 Å². The van der Waals surface area contributed by atoms with Gasteiger partial charge in [0.2, 0.25) is 0 Å². The maximum Gasteiger partial charge on any atom is 0.125 e. The normalized spacial score (nSPS) is 16.1. The average Bonchev–Trinajstić information content (AvgIpc) is 2.90. The standard InChI is InChI=1S/C29H35FN2O3/c1-34-28(16-11-23-7-3-2-4-8-23)27-9-5-6-10-29(27)35-22-26(33)21-31-17-19-32(20-18-31)25-14-12-24(30)13-15-25/h2-10,12-15,26,28,33H,11,16-22H2,1H3. The molecule has 1 aliphatic heterocycles. The molecule has 0 aromatic heterocycles. The van der Waals surface area contributed by atoms with Crippen molar-refractivity contribution in [3.05, 3.63) is 95.8 Å². The second-order valence-electron chi connectivity index (χ2n) is 9.02. The minimum atomic E-state index is -0.592. The number of β-amino-alcohol motifs (C(OH)–C–C–N with tert-alkyl or cyclic N) is 1. The molecule has 1 heterocycles. The molecule has 35 heavy (non-hydrogen) atoms. The van der Waals surface area contributed by atoms with Crippen LogP contribution in [-0.2, 0) is 11.2 Å². The second-order valence-corrected chi connectivity index (χ2v) is 9.02. The summed E-state index contributed by atoms with van der Waals surface area (Å²) in [5.41, 5.74) is 3.32. The molecule has 6 heteroatoms. The number of rotatable bonds is 11. The molecule has 1 N–H and O–H groups in total. The van der Waals surface area contributed by atoms with E-state index in [-0.39, 0.29) is 18.5 Å². The van der Waals surface area contributed by atoms with Gasteiger partial charge in [-0.15, -0.1) is 0 Å². The van der Waals surface area contributed by atoms with Crippen LogP contribution in [0.2, 0.25) is 0 Å². The van der Waals surface area contributed by atoms with Gasteiger partial charge in [-0.25, -0.2) is 4.39 Å². The van der Waals surface area contributed by atoms with E-state index in [9.17, 15) is 9.50 Å². The van der Waals surface area contributed by atoms with Gasteiger partial charge in [0.1, 0.15) is 24.3 Å². The maximum absolute atomic E-state index is 13.2. The molecule has 3 aromatic carbocycles. The van der Waals surface area contributed by atoms with E-state index in [0.29, 0.717) is 6.54 Å².